The highest BCUT2D eigenvalue weighted by atomic mass is 16.5. The average Bonchev–Trinajstić information content (AvgIpc) is 3.37. The molecule has 1 N–H and O–H groups in total. The van der Waals surface area contributed by atoms with Crippen LogP contribution in [0.5, 0.6) is 34.5 Å². The molecule has 0 aromatic heterocycles. The Morgan fingerprint density at radius 2 is 0.609 bits per heavy atom. The summed E-state index contributed by atoms with van der Waals surface area (Å²) >= 11 is 0. The van der Waals surface area contributed by atoms with Crippen LogP contribution in [0.3, 0.4) is 0 Å². The molecule has 8 nitrogen and oxygen atoms in total. The summed E-state index contributed by atoms with van der Waals surface area (Å²) in [5.74, 6) is 2.31. The first kappa shape index (κ1) is 56.7. The van der Waals surface area contributed by atoms with E-state index in [1.807, 2.05) is 72.8 Å². The monoisotopic (exact) mass is 951 g/mol. The van der Waals surface area contributed by atoms with E-state index in [9.17, 15) is 9.90 Å². The SMILES string of the molecule is CCCCCCCCCCCOc1ccc(COc2cc(C(=O)O)cc(OCc3ccc(OCCCCCCCCCCC)cc3)c2OCc2ccc(OCCCCCCCCCCC)cc2)cc1. The van der Waals surface area contributed by atoms with Crippen LogP contribution in [-0.2, 0) is 19.8 Å². The number of unbranched alkanes of at least 4 members (excludes halogenated alkanes) is 24. The number of rotatable bonds is 43. The second-order valence-corrected chi connectivity index (χ2v) is 18.9. The number of carbonyl (C=O) groups is 1. The van der Waals surface area contributed by atoms with Crippen molar-refractivity contribution >= 4 is 5.97 Å². The van der Waals surface area contributed by atoms with E-state index in [0.717, 1.165) is 53.2 Å². The largest absolute Gasteiger partial charge is 0.494 e. The Bertz CT molecular complexity index is 1780. The van der Waals surface area contributed by atoms with Crippen molar-refractivity contribution < 1.29 is 38.3 Å². The molecule has 4 rings (SSSR count). The predicted octanol–water partition coefficient (Wildman–Crippen LogP) is 17.9. The minimum atomic E-state index is -1.09. The Kier molecular flexibility index (Phi) is 30.5. The van der Waals surface area contributed by atoms with Gasteiger partial charge in [0.1, 0.15) is 37.1 Å². The molecule has 0 bridgehead atoms. The summed E-state index contributed by atoms with van der Waals surface area (Å²) in [6.45, 7) is 9.49. The topological polar surface area (TPSA) is 92.7 Å². The Morgan fingerprint density at radius 3 is 0.884 bits per heavy atom. The Labute approximate surface area is 418 Å². The zero-order valence-electron chi connectivity index (χ0n) is 43.2. The van der Waals surface area contributed by atoms with Gasteiger partial charge in [-0.2, -0.15) is 0 Å². The van der Waals surface area contributed by atoms with Gasteiger partial charge in [-0.25, -0.2) is 4.79 Å². The fourth-order valence-electron chi connectivity index (χ4n) is 8.39. The van der Waals surface area contributed by atoms with Gasteiger partial charge in [0.25, 0.3) is 0 Å². The molecule has 4 aromatic rings. The van der Waals surface area contributed by atoms with Crippen molar-refractivity contribution in [3.05, 3.63) is 107 Å². The van der Waals surface area contributed by atoms with Crippen LogP contribution in [0.15, 0.2) is 84.9 Å². The molecule has 69 heavy (non-hydrogen) atoms. The molecular formula is C61H90O8. The van der Waals surface area contributed by atoms with Crippen LogP contribution < -0.4 is 28.4 Å². The first-order valence-electron chi connectivity index (χ1n) is 27.4. The standard InChI is InChI=1S/C61H90O8/c1-4-7-10-13-16-19-22-25-28-43-64-55-37-31-51(32-38-55)48-67-58-46-54(61(62)63)47-59(68-49-52-33-39-56(40-34-52)65-44-29-26-23-20-17-14-11-8-5-2)60(58)69-50-53-35-41-57(42-36-53)66-45-30-27-24-21-18-15-12-9-6-3/h31-42,46-47H,4-30,43-45,48-50H2,1-3H3,(H,62,63). The fraction of sp³-hybridized carbons (Fsp3) is 0.590. The summed E-state index contributed by atoms with van der Waals surface area (Å²) in [5.41, 5.74) is 2.80. The van der Waals surface area contributed by atoms with Gasteiger partial charge in [0, 0.05) is 0 Å². The van der Waals surface area contributed by atoms with Crippen molar-refractivity contribution in [2.24, 2.45) is 0 Å². The minimum Gasteiger partial charge on any atom is -0.494 e. The first-order chi connectivity index (χ1) is 34.0. The molecule has 0 spiro atoms. The van der Waals surface area contributed by atoms with Gasteiger partial charge in [-0.1, -0.05) is 211 Å². The third kappa shape index (κ3) is 25.5. The second kappa shape index (κ2) is 37.0. The van der Waals surface area contributed by atoms with Crippen molar-refractivity contribution in [3.8, 4) is 34.5 Å². The molecule has 0 fully saturated rings. The van der Waals surface area contributed by atoms with Gasteiger partial charge >= 0.3 is 5.97 Å². The Balaban J connectivity index is 1.34. The summed E-state index contributed by atoms with van der Waals surface area (Å²) in [6.07, 6.45) is 34.4. The van der Waals surface area contributed by atoms with E-state index < -0.39 is 5.97 Å². The molecule has 0 aliphatic heterocycles. The van der Waals surface area contributed by atoms with Crippen LogP contribution in [0, 0.1) is 0 Å². The third-order valence-electron chi connectivity index (χ3n) is 12.8. The summed E-state index contributed by atoms with van der Waals surface area (Å²) in [5, 5.41) is 10.2. The maximum Gasteiger partial charge on any atom is 0.335 e. The Morgan fingerprint density at radius 1 is 0.348 bits per heavy atom. The molecule has 8 heteroatoms. The van der Waals surface area contributed by atoms with Crippen molar-refractivity contribution in [1.29, 1.82) is 0 Å². The average molecular weight is 951 g/mol. The molecule has 0 saturated carbocycles. The molecule has 0 heterocycles. The first-order valence-corrected chi connectivity index (χ1v) is 27.4. The highest BCUT2D eigenvalue weighted by molar-refractivity contribution is 5.89. The third-order valence-corrected chi connectivity index (χ3v) is 12.8. The molecule has 0 amide bonds. The smallest absolute Gasteiger partial charge is 0.335 e. The van der Waals surface area contributed by atoms with Gasteiger partial charge in [0.05, 0.1) is 25.4 Å². The van der Waals surface area contributed by atoms with Crippen LogP contribution in [0.1, 0.15) is 221 Å². The van der Waals surface area contributed by atoms with Gasteiger partial charge in [0.15, 0.2) is 11.5 Å². The van der Waals surface area contributed by atoms with Crippen LogP contribution in [0.2, 0.25) is 0 Å². The highest BCUT2D eigenvalue weighted by Crippen LogP contribution is 2.41. The Hall–Kier alpha value is -4.85. The minimum absolute atomic E-state index is 0.0429. The highest BCUT2D eigenvalue weighted by Gasteiger charge is 2.20. The van der Waals surface area contributed by atoms with Gasteiger partial charge in [-0.05, 0) is 84.5 Å². The quantitative estimate of drug-likeness (QED) is 0.0439. The van der Waals surface area contributed by atoms with Crippen molar-refractivity contribution in [2.45, 2.75) is 214 Å². The van der Waals surface area contributed by atoms with Gasteiger partial charge in [-0.3, -0.25) is 0 Å². The lowest BCUT2D eigenvalue weighted by atomic mass is 10.1. The summed E-state index contributed by atoms with van der Waals surface area (Å²) in [7, 11) is 0. The number of carboxylic acids is 1. The number of hydrogen-bond acceptors (Lipinski definition) is 7. The van der Waals surface area contributed by atoms with Crippen LogP contribution in [-0.4, -0.2) is 30.9 Å². The van der Waals surface area contributed by atoms with E-state index >= 15 is 0 Å². The lowest BCUT2D eigenvalue weighted by Gasteiger charge is -2.19. The van der Waals surface area contributed by atoms with Gasteiger partial charge in [0.2, 0.25) is 5.75 Å². The lowest BCUT2D eigenvalue weighted by Crippen LogP contribution is -2.07. The van der Waals surface area contributed by atoms with E-state index in [0.29, 0.717) is 25.6 Å². The summed E-state index contributed by atoms with van der Waals surface area (Å²) < 4.78 is 37.4. The molecule has 4 aromatic carbocycles. The number of ether oxygens (including phenoxy) is 6. The van der Waals surface area contributed by atoms with E-state index in [1.165, 1.54) is 166 Å². The number of aromatic carboxylic acids is 1. The zero-order valence-corrected chi connectivity index (χ0v) is 43.2. The zero-order chi connectivity index (χ0) is 48.8. The number of carboxylic acid groups (broad SMARTS) is 1. The van der Waals surface area contributed by atoms with Gasteiger partial charge in [-0.15, -0.1) is 0 Å². The predicted molar refractivity (Wildman–Crippen MR) is 284 cm³/mol. The maximum absolute atomic E-state index is 12.5. The molecule has 0 radical (unpaired) electrons. The maximum atomic E-state index is 12.5. The van der Waals surface area contributed by atoms with Crippen LogP contribution >= 0.6 is 0 Å². The van der Waals surface area contributed by atoms with Gasteiger partial charge < -0.3 is 33.5 Å². The number of benzene rings is 4. The second-order valence-electron chi connectivity index (χ2n) is 18.9. The molecule has 0 atom stereocenters. The van der Waals surface area contributed by atoms with Crippen LogP contribution in [0.4, 0.5) is 0 Å². The van der Waals surface area contributed by atoms with E-state index in [1.54, 1.807) is 0 Å². The molecule has 0 aliphatic rings. The van der Waals surface area contributed by atoms with Crippen molar-refractivity contribution in [1.82, 2.24) is 0 Å². The van der Waals surface area contributed by atoms with Crippen molar-refractivity contribution in [3.63, 3.8) is 0 Å². The van der Waals surface area contributed by atoms with Crippen molar-refractivity contribution in [2.75, 3.05) is 19.8 Å². The lowest BCUT2D eigenvalue weighted by molar-refractivity contribution is 0.0695. The number of hydrogen-bond donors (Lipinski definition) is 1. The molecule has 0 aliphatic carbocycles. The van der Waals surface area contributed by atoms with E-state index in [4.69, 9.17) is 28.4 Å². The normalized spacial score (nSPS) is 11.1. The molecule has 0 unspecified atom stereocenters. The molecule has 0 saturated heterocycles. The molecular weight excluding hydrogens is 861 g/mol. The summed E-state index contributed by atoms with van der Waals surface area (Å²) in [4.78, 5) is 12.5. The summed E-state index contributed by atoms with van der Waals surface area (Å²) in [6, 6.07) is 26.7. The van der Waals surface area contributed by atoms with Crippen LogP contribution in [0.25, 0.3) is 0 Å². The van der Waals surface area contributed by atoms with E-state index in [-0.39, 0.29) is 36.9 Å². The molecule has 382 valence electrons. The van der Waals surface area contributed by atoms with E-state index in [2.05, 4.69) is 20.8 Å². The fourth-order valence-corrected chi connectivity index (χ4v) is 8.39.